The summed E-state index contributed by atoms with van der Waals surface area (Å²) in [6.45, 7) is 4.98. The van der Waals surface area contributed by atoms with Gasteiger partial charge < -0.3 is 14.8 Å². The van der Waals surface area contributed by atoms with Crippen LogP contribution in [-0.2, 0) is 19.7 Å². The second-order valence-corrected chi connectivity index (χ2v) is 7.66. The molecule has 7 nitrogen and oxygen atoms in total. The Morgan fingerprint density at radius 3 is 2.83 bits per heavy atom. The lowest BCUT2D eigenvalue weighted by Crippen LogP contribution is -2.08. The van der Waals surface area contributed by atoms with Gasteiger partial charge in [-0.1, -0.05) is 40.4 Å². The minimum atomic E-state index is 0.277. The first-order chi connectivity index (χ1) is 14.0. The molecule has 10 heteroatoms. The summed E-state index contributed by atoms with van der Waals surface area (Å²) in [7, 11) is 1.59. The summed E-state index contributed by atoms with van der Waals surface area (Å²) in [4.78, 5) is 0. The zero-order chi connectivity index (χ0) is 20.8. The second kappa shape index (κ2) is 9.96. The van der Waals surface area contributed by atoms with E-state index in [1.54, 1.807) is 30.0 Å². The Balaban J connectivity index is 1.73. The predicted octanol–water partition coefficient (Wildman–Crippen LogP) is 5.13. The quantitative estimate of drug-likeness (QED) is 0.412. The molecule has 29 heavy (non-hydrogen) atoms. The molecule has 0 fully saturated rings. The Kier molecular flexibility index (Phi) is 7.35. The number of tetrazole rings is 1. The molecule has 0 radical (unpaired) electrons. The maximum Gasteiger partial charge on any atom is 0.243 e. The average Bonchev–Trinajstić information content (AvgIpc) is 3.13. The molecule has 3 aromatic rings. The third-order valence-corrected chi connectivity index (χ3v) is 5.14. The zero-order valence-corrected chi connectivity index (χ0v) is 18.6. The SMILES string of the molecule is C=CCn1nnnc1NCc1cc(Br)c(OCc2ccc(Cl)cc2Cl)c(OC)c1. The molecule has 2 aromatic carbocycles. The molecule has 0 spiro atoms. The van der Waals surface area contributed by atoms with Crippen LogP contribution in [0.3, 0.4) is 0 Å². The third-order valence-electron chi connectivity index (χ3n) is 3.96. The van der Waals surface area contributed by atoms with Crippen LogP contribution in [0.5, 0.6) is 11.5 Å². The molecule has 1 aromatic heterocycles. The number of benzene rings is 2. The molecular weight excluding hydrogens is 481 g/mol. The van der Waals surface area contributed by atoms with E-state index in [4.69, 9.17) is 32.7 Å². The van der Waals surface area contributed by atoms with E-state index in [2.05, 4.69) is 43.4 Å². The molecule has 0 amide bonds. The highest BCUT2D eigenvalue weighted by molar-refractivity contribution is 9.10. The van der Waals surface area contributed by atoms with E-state index in [1.807, 2.05) is 18.2 Å². The van der Waals surface area contributed by atoms with Gasteiger partial charge in [-0.3, -0.25) is 0 Å². The van der Waals surface area contributed by atoms with Gasteiger partial charge in [-0.05, 0) is 56.2 Å². The van der Waals surface area contributed by atoms with Gasteiger partial charge in [-0.25, -0.2) is 4.68 Å². The zero-order valence-electron chi connectivity index (χ0n) is 15.5. The molecule has 0 aliphatic heterocycles. The second-order valence-electron chi connectivity index (χ2n) is 5.96. The summed E-state index contributed by atoms with van der Waals surface area (Å²) in [6.07, 6.45) is 1.72. The lowest BCUT2D eigenvalue weighted by molar-refractivity contribution is 0.282. The number of allylic oxidation sites excluding steroid dienone is 1. The maximum absolute atomic E-state index is 6.22. The topological polar surface area (TPSA) is 74.1 Å². The average molecular weight is 499 g/mol. The van der Waals surface area contributed by atoms with Crippen molar-refractivity contribution in [2.24, 2.45) is 0 Å². The summed E-state index contributed by atoms with van der Waals surface area (Å²) in [5.41, 5.74) is 1.78. The van der Waals surface area contributed by atoms with Crippen molar-refractivity contribution in [3.05, 3.63) is 68.6 Å². The molecular formula is C19H18BrCl2N5O2. The number of halogens is 3. The van der Waals surface area contributed by atoms with Crippen molar-refractivity contribution in [3.63, 3.8) is 0 Å². The monoisotopic (exact) mass is 497 g/mol. The molecule has 0 atom stereocenters. The molecule has 0 aliphatic carbocycles. The van der Waals surface area contributed by atoms with Gasteiger partial charge >= 0.3 is 0 Å². The maximum atomic E-state index is 6.22. The standard InChI is InChI=1S/C19H18BrCl2N5O2/c1-3-6-27-19(24-25-26-27)23-10-12-7-15(20)18(17(8-12)28-2)29-11-13-4-5-14(21)9-16(13)22/h3-5,7-9H,1,6,10-11H2,2H3,(H,23,24,26). The summed E-state index contributed by atoms with van der Waals surface area (Å²) >= 11 is 15.7. The Hall–Kier alpha value is -2.29. The van der Waals surface area contributed by atoms with Crippen LogP contribution < -0.4 is 14.8 Å². The van der Waals surface area contributed by atoms with Crippen molar-refractivity contribution in [2.45, 2.75) is 19.7 Å². The fraction of sp³-hybridized carbons (Fsp3) is 0.211. The molecule has 1 heterocycles. The van der Waals surface area contributed by atoms with Gasteiger partial charge in [0.2, 0.25) is 5.95 Å². The van der Waals surface area contributed by atoms with Gasteiger partial charge in [0.15, 0.2) is 11.5 Å². The molecule has 0 bridgehead atoms. The van der Waals surface area contributed by atoms with Crippen molar-refractivity contribution in [1.82, 2.24) is 20.2 Å². The summed E-state index contributed by atoms with van der Waals surface area (Å²) in [6, 6.07) is 9.11. The Morgan fingerprint density at radius 2 is 2.10 bits per heavy atom. The highest BCUT2D eigenvalue weighted by Crippen LogP contribution is 2.37. The molecule has 152 valence electrons. The highest BCUT2D eigenvalue weighted by atomic mass is 79.9. The van der Waals surface area contributed by atoms with E-state index in [1.165, 1.54) is 0 Å². The highest BCUT2D eigenvalue weighted by Gasteiger charge is 2.14. The largest absolute Gasteiger partial charge is 0.493 e. The van der Waals surface area contributed by atoms with Crippen LogP contribution in [0.2, 0.25) is 10.0 Å². The van der Waals surface area contributed by atoms with E-state index in [9.17, 15) is 0 Å². The number of rotatable bonds is 9. The Morgan fingerprint density at radius 1 is 1.28 bits per heavy atom. The van der Waals surface area contributed by atoms with E-state index in [-0.39, 0.29) is 6.61 Å². The lowest BCUT2D eigenvalue weighted by atomic mass is 10.2. The van der Waals surface area contributed by atoms with Crippen molar-refractivity contribution in [2.75, 3.05) is 12.4 Å². The van der Waals surface area contributed by atoms with Crippen molar-refractivity contribution < 1.29 is 9.47 Å². The lowest BCUT2D eigenvalue weighted by Gasteiger charge is -2.15. The number of nitrogens with zero attached hydrogens (tertiary/aromatic N) is 4. The first-order valence-electron chi connectivity index (χ1n) is 8.56. The molecule has 0 saturated carbocycles. The van der Waals surface area contributed by atoms with Gasteiger partial charge in [0, 0.05) is 22.2 Å². The number of hydrogen-bond donors (Lipinski definition) is 1. The summed E-state index contributed by atoms with van der Waals surface area (Å²) in [5, 5.41) is 15.8. The van der Waals surface area contributed by atoms with Crippen LogP contribution in [-0.4, -0.2) is 27.3 Å². The number of ether oxygens (including phenoxy) is 2. The van der Waals surface area contributed by atoms with E-state index >= 15 is 0 Å². The van der Waals surface area contributed by atoms with Gasteiger partial charge in [0.05, 0.1) is 18.1 Å². The van der Waals surface area contributed by atoms with Crippen LogP contribution in [0, 0.1) is 0 Å². The fourth-order valence-corrected chi connectivity index (χ4v) is 3.63. The molecule has 0 saturated heterocycles. The molecule has 0 unspecified atom stereocenters. The normalized spacial score (nSPS) is 10.6. The number of anilines is 1. The van der Waals surface area contributed by atoms with Gasteiger partial charge in [-0.2, -0.15) is 0 Å². The van der Waals surface area contributed by atoms with Crippen molar-refractivity contribution in [1.29, 1.82) is 0 Å². The molecule has 3 rings (SSSR count). The summed E-state index contributed by atoms with van der Waals surface area (Å²) in [5.74, 6) is 1.73. The van der Waals surface area contributed by atoms with Crippen LogP contribution in [0.15, 0.2) is 47.5 Å². The molecule has 0 aliphatic rings. The van der Waals surface area contributed by atoms with Crippen molar-refractivity contribution in [3.8, 4) is 11.5 Å². The minimum Gasteiger partial charge on any atom is -0.493 e. The fourth-order valence-electron chi connectivity index (χ4n) is 2.56. The van der Waals surface area contributed by atoms with E-state index < -0.39 is 0 Å². The van der Waals surface area contributed by atoms with Gasteiger partial charge in [0.25, 0.3) is 0 Å². The predicted molar refractivity (Wildman–Crippen MR) is 117 cm³/mol. The first kappa shape index (κ1) is 21.4. The number of aromatic nitrogens is 4. The van der Waals surface area contributed by atoms with Crippen molar-refractivity contribution >= 4 is 45.1 Å². The molecule has 1 N–H and O–H groups in total. The van der Waals surface area contributed by atoms with Crippen LogP contribution >= 0.6 is 39.1 Å². The smallest absolute Gasteiger partial charge is 0.243 e. The Bertz CT molecular complexity index is 1010. The van der Waals surface area contributed by atoms with Crippen LogP contribution in [0.25, 0.3) is 0 Å². The number of nitrogens with one attached hydrogen (secondary N) is 1. The third kappa shape index (κ3) is 5.41. The van der Waals surface area contributed by atoms with Crippen LogP contribution in [0.4, 0.5) is 5.95 Å². The van der Waals surface area contributed by atoms with Gasteiger partial charge in [-0.15, -0.1) is 6.58 Å². The van der Waals surface area contributed by atoms with Crippen LogP contribution in [0.1, 0.15) is 11.1 Å². The number of methoxy groups -OCH3 is 1. The number of hydrogen-bond acceptors (Lipinski definition) is 6. The minimum absolute atomic E-state index is 0.277. The Labute approximate surface area is 186 Å². The van der Waals surface area contributed by atoms with Gasteiger partial charge in [0.1, 0.15) is 6.61 Å². The first-order valence-corrected chi connectivity index (χ1v) is 10.1. The van der Waals surface area contributed by atoms with E-state index in [0.717, 1.165) is 15.6 Å². The summed E-state index contributed by atoms with van der Waals surface area (Å²) < 4.78 is 13.8. The van der Waals surface area contributed by atoms with E-state index in [0.29, 0.717) is 40.6 Å².